The zero-order valence-corrected chi connectivity index (χ0v) is 13.9. The molecular weight excluding hydrogens is 362 g/mol. The molecular formula is C16H17N3O8. The lowest BCUT2D eigenvalue weighted by molar-refractivity contribution is -0.659. The van der Waals surface area contributed by atoms with E-state index in [1.165, 1.54) is 0 Å². The second-order valence-corrected chi connectivity index (χ2v) is 6.19. The van der Waals surface area contributed by atoms with Crippen LogP contribution in [0.1, 0.15) is 5.56 Å². The number of ether oxygens (including phenoxy) is 1. The Morgan fingerprint density at radius 1 is 1.26 bits per heavy atom. The molecule has 1 aliphatic heterocycles. The van der Waals surface area contributed by atoms with Gasteiger partial charge < -0.3 is 20.1 Å². The predicted molar refractivity (Wildman–Crippen MR) is 89.4 cm³/mol. The molecule has 2 aromatic rings. The van der Waals surface area contributed by atoms with Crippen LogP contribution >= 0.6 is 0 Å². The topological polar surface area (TPSA) is 168 Å². The summed E-state index contributed by atoms with van der Waals surface area (Å²) in [5.74, 6) is 0. The lowest BCUT2D eigenvalue weighted by Crippen LogP contribution is -2.65. The minimum absolute atomic E-state index is 0.398. The Kier molecular flexibility index (Phi) is 4.70. The lowest BCUT2D eigenvalue weighted by Gasteiger charge is -2.35. The van der Waals surface area contributed by atoms with E-state index in [2.05, 4.69) is 0 Å². The number of hydrogen-bond donors (Lipinski definition) is 4. The molecule has 0 radical (unpaired) electrons. The molecule has 144 valence electrons. The Labute approximate surface area is 151 Å². The molecule has 0 aliphatic carbocycles. The number of H-pyrrole nitrogens is 1. The van der Waals surface area contributed by atoms with E-state index in [9.17, 15) is 35.0 Å². The van der Waals surface area contributed by atoms with Crippen LogP contribution in [0.3, 0.4) is 0 Å². The van der Waals surface area contributed by atoms with Crippen molar-refractivity contribution in [1.29, 1.82) is 0 Å². The molecule has 1 saturated heterocycles. The largest absolute Gasteiger partial charge is 0.399 e. The number of rotatable bonds is 5. The van der Waals surface area contributed by atoms with Gasteiger partial charge >= 0.3 is 11.4 Å². The molecule has 1 aromatic heterocycles. The molecule has 1 aliphatic rings. The third-order valence-electron chi connectivity index (χ3n) is 4.64. The first-order valence-corrected chi connectivity index (χ1v) is 7.96. The Bertz CT molecular complexity index is 958. The van der Waals surface area contributed by atoms with E-state index in [0.29, 0.717) is 10.1 Å². The first kappa shape index (κ1) is 18.9. The summed E-state index contributed by atoms with van der Waals surface area (Å²) in [6.45, 7) is -0.841. The van der Waals surface area contributed by atoms with Gasteiger partial charge in [-0.2, -0.15) is 0 Å². The number of aromatic amines is 1. The fourth-order valence-electron chi connectivity index (χ4n) is 3.34. The number of aliphatic hydroxyl groups excluding tert-OH is 2. The van der Waals surface area contributed by atoms with Crippen molar-refractivity contribution in [2.75, 3.05) is 6.61 Å². The Morgan fingerprint density at radius 2 is 1.93 bits per heavy atom. The van der Waals surface area contributed by atoms with Crippen molar-refractivity contribution in [2.45, 2.75) is 30.1 Å². The summed E-state index contributed by atoms with van der Waals surface area (Å²) in [5.41, 5.74) is -7.00. The number of aromatic nitrogens is 2. The summed E-state index contributed by atoms with van der Waals surface area (Å²) in [5, 5.41) is 42.5. The SMILES string of the molecule is O=c1ccn([C@]2(Cc3ccccc3)O[C@H](CO)[C@@H](O)[C@]2(O)[N+](=O)[O-])c(=O)[nH]1. The van der Waals surface area contributed by atoms with Gasteiger partial charge in [0.1, 0.15) is 6.10 Å². The number of benzene rings is 1. The number of aliphatic hydroxyl groups is 3. The highest BCUT2D eigenvalue weighted by Gasteiger charge is 2.76. The summed E-state index contributed by atoms with van der Waals surface area (Å²) in [6, 6.07) is 9.07. The Hall–Kier alpha value is -2.86. The monoisotopic (exact) mass is 379 g/mol. The zero-order chi connectivity index (χ0) is 19.8. The smallest absolute Gasteiger partial charge is 0.394 e. The van der Waals surface area contributed by atoms with Gasteiger partial charge in [0.2, 0.25) is 0 Å². The molecule has 27 heavy (non-hydrogen) atoms. The summed E-state index contributed by atoms with van der Waals surface area (Å²) in [6.07, 6.45) is -3.14. The number of nitro groups is 1. The molecule has 0 saturated carbocycles. The molecule has 4 atom stereocenters. The van der Waals surface area contributed by atoms with Gasteiger partial charge in [0.25, 0.3) is 11.3 Å². The number of nitrogens with zero attached hydrogens (tertiary/aromatic N) is 2. The average molecular weight is 379 g/mol. The van der Waals surface area contributed by atoms with Gasteiger partial charge in [-0.3, -0.25) is 24.5 Å². The normalized spacial score (nSPS) is 30.3. The van der Waals surface area contributed by atoms with Crippen molar-refractivity contribution in [3.8, 4) is 0 Å². The Balaban J connectivity index is 2.31. The lowest BCUT2D eigenvalue weighted by atomic mass is 9.89. The molecule has 4 N–H and O–H groups in total. The van der Waals surface area contributed by atoms with E-state index in [0.717, 1.165) is 12.3 Å². The first-order chi connectivity index (χ1) is 12.8. The van der Waals surface area contributed by atoms with Crippen LogP contribution < -0.4 is 11.2 Å². The molecule has 0 bridgehead atoms. The number of nitrogens with one attached hydrogen (secondary N) is 1. The van der Waals surface area contributed by atoms with Gasteiger partial charge in [0.15, 0.2) is 6.10 Å². The van der Waals surface area contributed by atoms with Crippen LogP contribution in [-0.4, -0.2) is 54.3 Å². The van der Waals surface area contributed by atoms with Gasteiger partial charge in [0.05, 0.1) is 11.5 Å². The third kappa shape index (κ3) is 2.77. The predicted octanol–water partition coefficient (Wildman–Crippen LogP) is -1.85. The van der Waals surface area contributed by atoms with Crippen LogP contribution in [0.2, 0.25) is 0 Å². The minimum Gasteiger partial charge on any atom is -0.394 e. The van der Waals surface area contributed by atoms with Gasteiger partial charge in [0, 0.05) is 18.7 Å². The highest BCUT2D eigenvalue weighted by Crippen LogP contribution is 2.45. The zero-order valence-electron chi connectivity index (χ0n) is 13.9. The fraction of sp³-hybridized carbons (Fsp3) is 0.375. The number of hydrogen-bond acceptors (Lipinski definition) is 8. The summed E-state index contributed by atoms with van der Waals surface area (Å²) in [4.78, 5) is 36.4. The maximum absolute atomic E-state index is 12.4. The van der Waals surface area contributed by atoms with E-state index in [4.69, 9.17) is 4.74 Å². The fourth-order valence-corrected chi connectivity index (χ4v) is 3.34. The second-order valence-electron chi connectivity index (χ2n) is 6.19. The van der Waals surface area contributed by atoms with Crippen LogP contribution in [0.5, 0.6) is 0 Å². The van der Waals surface area contributed by atoms with Crippen LogP contribution in [0, 0.1) is 10.1 Å². The van der Waals surface area contributed by atoms with E-state index >= 15 is 0 Å². The van der Waals surface area contributed by atoms with Crippen molar-refractivity contribution in [1.82, 2.24) is 9.55 Å². The quantitative estimate of drug-likeness (QED) is 0.267. The van der Waals surface area contributed by atoms with E-state index in [1.807, 2.05) is 4.98 Å². The van der Waals surface area contributed by atoms with E-state index in [1.54, 1.807) is 30.3 Å². The second kappa shape index (κ2) is 6.70. The highest BCUT2D eigenvalue weighted by molar-refractivity contribution is 5.20. The van der Waals surface area contributed by atoms with Crippen LogP contribution in [0.4, 0.5) is 0 Å². The standard InChI is InChI=1S/C16H17N3O8/c20-9-11-13(22)16(24,19(25)26)15(27-11,8-10-4-2-1-3-5-10)18-7-6-12(21)17-14(18)23/h1-7,11,13,20,22,24H,8-9H2,(H,17,21,23)/t11-,13-,15-,16-/m1/s1. The van der Waals surface area contributed by atoms with Crippen molar-refractivity contribution in [3.63, 3.8) is 0 Å². The Morgan fingerprint density at radius 3 is 2.48 bits per heavy atom. The van der Waals surface area contributed by atoms with Crippen molar-refractivity contribution >= 4 is 0 Å². The average Bonchev–Trinajstić information content (AvgIpc) is 2.85. The summed E-state index contributed by atoms with van der Waals surface area (Å²) >= 11 is 0. The van der Waals surface area contributed by atoms with Gasteiger partial charge in [-0.1, -0.05) is 30.3 Å². The maximum Gasteiger partial charge on any atom is 0.399 e. The summed E-state index contributed by atoms with van der Waals surface area (Å²) < 4.78 is 6.20. The van der Waals surface area contributed by atoms with Crippen LogP contribution in [0.25, 0.3) is 0 Å². The minimum atomic E-state index is -3.18. The third-order valence-corrected chi connectivity index (χ3v) is 4.64. The van der Waals surface area contributed by atoms with Gasteiger partial charge in [-0.25, -0.2) is 4.79 Å². The molecule has 0 spiro atoms. The van der Waals surface area contributed by atoms with Crippen molar-refractivity contribution < 1.29 is 25.0 Å². The van der Waals surface area contributed by atoms with Crippen LogP contribution in [0.15, 0.2) is 52.2 Å². The molecule has 2 heterocycles. The maximum atomic E-state index is 12.4. The van der Waals surface area contributed by atoms with Crippen LogP contribution in [-0.2, 0) is 16.9 Å². The first-order valence-electron chi connectivity index (χ1n) is 7.96. The highest BCUT2D eigenvalue weighted by atomic mass is 16.7. The molecule has 0 amide bonds. The molecule has 3 rings (SSSR count). The van der Waals surface area contributed by atoms with Crippen molar-refractivity contribution in [2.24, 2.45) is 0 Å². The molecule has 0 unspecified atom stereocenters. The molecule has 1 fully saturated rings. The van der Waals surface area contributed by atoms with Crippen molar-refractivity contribution in [3.05, 3.63) is 79.1 Å². The van der Waals surface area contributed by atoms with E-state index < -0.39 is 52.9 Å². The van der Waals surface area contributed by atoms with Gasteiger partial charge in [-0.05, 0) is 5.56 Å². The summed E-state index contributed by atoms with van der Waals surface area (Å²) in [7, 11) is 0. The molecule has 11 nitrogen and oxygen atoms in total. The molecule has 11 heteroatoms. The molecule has 1 aromatic carbocycles. The van der Waals surface area contributed by atoms with Gasteiger partial charge in [-0.15, -0.1) is 0 Å². The van der Waals surface area contributed by atoms with E-state index in [-0.39, 0.29) is 0 Å².